The molecule has 0 saturated carbocycles. The summed E-state index contributed by atoms with van der Waals surface area (Å²) >= 11 is 0. The van der Waals surface area contributed by atoms with Crippen LogP contribution < -0.4 is 4.90 Å². The van der Waals surface area contributed by atoms with Gasteiger partial charge in [-0.3, -0.25) is 0 Å². The maximum atomic E-state index is 10.2. The van der Waals surface area contributed by atoms with Gasteiger partial charge in [-0.2, -0.15) is 5.26 Å². The van der Waals surface area contributed by atoms with E-state index in [1.807, 2.05) is 0 Å². The van der Waals surface area contributed by atoms with Crippen LogP contribution in [0.5, 0.6) is 0 Å². The molecule has 1 saturated heterocycles. The van der Waals surface area contributed by atoms with Gasteiger partial charge in [-0.05, 0) is 98.1 Å². The van der Waals surface area contributed by atoms with E-state index in [-0.39, 0.29) is 0 Å². The number of allylic oxidation sites excluding steroid dienone is 2. The number of nitriles is 1. The zero-order valence-corrected chi connectivity index (χ0v) is 19.7. The van der Waals surface area contributed by atoms with Crippen molar-refractivity contribution in [1.82, 2.24) is 0 Å². The van der Waals surface area contributed by atoms with E-state index in [2.05, 4.69) is 75.1 Å². The van der Waals surface area contributed by atoms with E-state index in [1.54, 1.807) is 0 Å². The van der Waals surface area contributed by atoms with Crippen LogP contribution in [0.3, 0.4) is 0 Å². The van der Waals surface area contributed by atoms with Crippen molar-refractivity contribution < 1.29 is 0 Å². The number of benzene rings is 2. The number of aryl methyl sites for hydroxylation is 1. The van der Waals surface area contributed by atoms with Crippen molar-refractivity contribution >= 4 is 5.69 Å². The molecule has 0 amide bonds. The van der Waals surface area contributed by atoms with E-state index in [9.17, 15) is 5.26 Å². The summed E-state index contributed by atoms with van der Waals surface area (Å²) in [6.07, 6.45) is 9.09. The molecule has 162 valence electrons. The first-order valence-electron chi connectivity index (χ1n) is 12.1. The summed E-state index contributed by atoms with van der Waals surface area (Å²) < 4.78 is 0. The molecule has 0 spiro atoms. The molecule has 1 aliphatic carbocycles. The van der Waals surface area contributed by atoms with Crippen LogP contribution in [0, 0.1) is 17.2 Å². The molecular weight excluding hydrogens is 376 g/mol. The summed E-state index contributed by atoms with van der Waals surface area (Å²) in [7, 11) is 0. The fourth-order valence-corrected chi connectivity index (χ4v) is 5.40. The third-order valence-corrected chi connectivity index (χ3v) is 7.27. The zero-order chi connectivity index (χ0) is 22.0. The van der Waals surface area contributed by atoms with Gasteiger partial charge in [0.2, 0.25) is 0 Å². The van der Waals surface area contributed by atoms with Crippen molar-refractivity contribution in [2.75, 3.05) is 18.0 Å². The summed E-state index contributed by atoms with van der Waals surface area (Å²) in [6.45, 7) is 11.2. The summed E-state index contributed by atoms with van der Waals surface area (Å²) in [6, 6.07) is 13.8. The Morgan fingerprint density at radius 2 is 1.94 bits per heavy atom. The maximum Gasteiger partial charge on any atom is 0.101 e. The van der Waals surface area contributed by atoms with Gasteiger partial charge in [-0.15, -0.1) is 0 Å². The highest BCUT2D eigenvalue weighted by Gasteiger charge is 2.29. The molecule has 1 heterocycles. The lowest BCUT2D eigenvalue weighted by Crippen LogP contribution is -2.34. The van der Waals surface area contributed by atoms with Crippen molar-refractivity contribution in [1.29, 1.82) is 5.26 Å². The van der Waals surface area contributed by atoms with Crippen molar-refractivity contribution in [2.24, 2.45) is 5.92 Å². The third-order valence-electron chi connectivity index (χ3n) is 7.27. The smallest absolute Gasteiger partial charge is 0.101 e. The van der Waals surface area contributed by atoms with Crippen LogP contribution in [0.25, 0.3) is 11.1 Å². The molecule has 0 radical (unpaired) electrons. The fraction of sp³-hybridized carbons (Fsp3) is 0.483. The van der Waals surface area contributed by atoms with Gasteiger partial charge in [0.1, 0.15) is 6.07 Å². The van der Waals surface area contributed by atoms with Crippen LogP contribution in [0.1, 0.15) is 81.5 Å². The number of rotatable bonds is 5. The van der Waals surface area contributed by atoms with Crippen LogP contribution in [0.2, 0.25) is 0 Å². The van der Waals surface area contributed by atoms with Crippen LogP contribution in [-0.2, 0) is 12.8 Å². The van der Waals surface area contributed by atoms with Gasteiger partial charge in [0.15, 0.2) is 0 Å². The van der Waals surface area contributed by atoms with E-state index in [0.29, 0.717) is 5.92 Å². The Balaban J connectivity index is 1.85. The molecule has 4 rings (SSSR count). The molecule has 1 atom stereocenters. The molecule has 1 fully saturated rings. The number of hydrogen-bond donors (Lipinski definition) is 0. The number of hydrogen-bond acceptors (Lipinski definition) is 2. The fourth-order valence-electron chi connectivity index (χ4n) is 5.40. The zero-order valence-electron chi connectivity index (χ0n) is 19.7. The van der Waals surface area contributed by atoms with Crippen LogP contribution in [0.15, 0.2) is 42.0 Å². The molecule has 31 heavy (non-hydrogen) atoms. The number of fused-ring (bicyclic) bond motifs is 3. The van der Waals surface area contributed by atoms with Gasteiger partial charge in [-0.1, -0.05) is 49.8 Å². The lowest BCUT2D eigenvalue weighted by Gasteiger charge is -2.37. The minimum Gasteiger partial charge on any atom is -0.370 e. The first-order chi connectivity index (χ1) is 15.0. The SMILES string of the molecule is CC(C)=CCC[C@H](C)c1cc(C#N)c(N2CCC(C)CC2)c2c1-c1ccccc1CC2. The Morgan fingerprint density at radius 3 is 2.65 bits per heavy atom. The second kappa shape index (κ2) is 9.31. The molecule has 2 aliphatic rings. The van der Waals surface area contributed by atoms with E-state index >= 15 is 0 Å². The monoisotopic (exact) mass is 412 g/mol. The molecule has 0 unspecified atom stereocenters. The lowest BCUT2D eigenvalue weighted by molar-refractivity contribution is 0.437. The van der Waals surface area contributed by atoms with Crippen molar-refractivity contribution in [2.45, 2.75) is 72.1 Å². The van der Waals surface area contributed by atoms with Gasteiger partial charge in [-0.25, -0.2) is 0 Å². The summed E-state index contributed by atoms with van der Waals surface area (Å²) in [4.78, 5) is 2.52. The molecule has 2 heteroatoms. The lowest BCUT2D eigenvalue weighted by atomic mass is 9.77. The summed E-state index contributed by atoms with van der Waals surface area (Å²) in [5, 5.41) is 10.2. The predicted molar refractivity (Wildman–Crippen MR) is 132 cm³/mol. The van der Waals surface area contributed by atoms with Gasteiger partial charge in [0.05, 0.1) is 11.3 Å². The molecule has 0 aromatic heterocycles. The molecule has 0 N–H and O–H groups in total. The number of anilines is 1. The second-order valence-electron chi connectivity index (χ2n) is 9.91. The predicted octanol–water partition coefficient (Wildman–Crippen LogP) is 7.41. The van der Waals surface area contributed by atoms with Crippen LogP contribution in [0.4, 0.5) is 5.69 Å². The number of piperidine rings is 1. The Kier molecular flexibility index (Phi) is 6.51. The van der Waals surface area contributed by atoms with Gasteiger partial charge >= 0.3 is 0 Å². The molecule has 0 bridgehead atoms. The van der Waals surface area contributed by atoms with Crippen molar-refractivity contribution in [3.05, 3.63) is 64.2 Å². The normalized spacial score (nSPS) is 16.8. The molecule has 2 aromatic rings. The van der Waals surface area contributed by atoms with E-state index < -0.39 is 0 Å². The molecule has 2 nitrogen and oxygen atoms in total. The van der Waals surface area contributed by atoms with Gasteiger partial charge < -0.3 is 4.90 Å². The van der Waals surface area contributed by atoms with Gasteiger partial charge in [0.25, 0.3) is 0 Å². The van der Waals surface area contributed by atoms with E-state index in [1.165, 1.54) is 51.9 Å². The molecule has 2 aromatic carbocycles. The average Bonchev–Trinajstić information content (AvgIpc) is 2.78. The minimum absolute atomic E-state index is 0.429. The van der Waals surface area contributed by atoms with Crippen LogP contribution in [-0.4, -0.2) is 13.1 Å². The van der Waals surface area contributed by atoms with Crippen molar-refractivity contribution in [3.8, 4) is 17.2 Å². The molecular formula is C29H36N2. The largest absolute Gasteiger partial charge is 0.370 e. The first-order valence-corrected chi connectivity index (χ1v) is 12.1. The highest BCUT2D eigenvalue weighted by atomic mass is 15.1. The Hall–Kier alpha value is -2.53. The van der Waals surface area contributed by atoms with E-state index in [4.69, 9.17) is 0 Å². The number of nitrogens with zero attached hydrogens (tertiary/aromatic N) is 2. The standard InChI is InChI=1S/C29H36N2/c1-20(2)8-7-9-22(4)27-18-24(19-30)29(31-16-14-21(3)15-17-31)26-13-12-23-10-5-6-11-25(23)28(26)27/h5-6,8,10-11,18,21-22H,7,9,12-17H2,1-4H3/t22-/m0/s1. The van der Waals surface area contributed by atoms with Gasteiger partial charge in [0, 0.05) is 13.1 Å². The Morgan fingerprint density at radius 1 is 1.19 bits per heavy atom. The highest BCUT2D eigenvalue weighted by Crippen LogP contribution is 2.46. The van der Waals surface area contributed by atoms with Crippen LogP contribution >= 0.6 is 0 Å². The topological polar surface area (TPSA) is 27.0 Å². The van der Waals surface area contributed by atoms with Crippen molar-refractivity contribution in [3.63, 3.8) is 0 Å². The highest BCUT2D eigenvalue weighted by molar-refractivity contribution is 5.85. The quantitative estimate of drug-likeness (QED) is 0.478. The maximum absolute atomic E-state index is 10.2. The third kappa shape index (κ3) is 4.42. The Labute approximate surface area is 188 Å². The second-order valence-corrected chi connectivity index (χ2v) is 9.91. The minimum atomic E-state index is 0.429. The molecule has 1 aliphatic heterocycles. The average molecular weight is 413 g/mol. The first kappa shape index (κ1) is 21.7. The Bertz CT molecular complexity index is 1010. The summed E-state index contributed by atoms with van der Waals surface area (Å²) in [5.41, 5.74) is 10.6. The van der Waals surface area contributed by atoms with E-state index in [0.717, 1.165) is 50.3 Å². The summed E-state index contributed by atoms with van der Waals surface area (Å²) in [5.74, 6) is 1.21.